The molecule has 0 heterocycles. The van der Waals surface area contributed by atoms with E-state index in [9.17, 15) is 17.6 Å². The summed E-state index contributed by atoms with van der Waals surface area (Å²) in [4.78, 5) is 14.2. The number of carbonyl (C=O) groups excluding carboxylic acids is 1. The molecule has 0 bridgehead atoms. The number of ether oxygens (including phenoxy) is 1. The van der Waals surface area contributed by atoms with Crippen LogP contribution in [0, 0.1) is 5.82 Å². The highest BCUT2D eigenvalue weighted by molar-refractivity contribution is 7.92. The summed E-state index contributed by atoms with van der Waals surface area (Å²) in [6, 6.07) is 18.5. The number of nitrogens with one attached hydrogen (secondary N) is 1. The van der Waals surface area contributed by atoms with Crippen molar-refractivity contribution in [1.82, 2.24) is 4.90 Å². The van der Waals surface area contributed by atoms with Crippen LogP contribution >= 0.6 is 0 Å². The zero-order valence-electron chi connectivity index (χ0n) is 17.2. The zero-order chi connectivity index (χ0) is 22.4. The molecule has 0 fully saturated rings. The van der Waals surface area contributed by atoms with Gasteiger partial charge in [-0.2, -0.15) is 0 Å². The van der Waals surface area contributed by atoms with Crippen LogP contribution in [0.1, 0.15) is 22.8 Å². The Hall–Kier alpha value is -3.39. The standard InChI is InChI=1S/C23H23FN2O4S/c1-3-30-19-13-11-17(12-14-19)16-26(2)23(27)18-7-6-8-20(15-18)31(28,29)25-22-10-5-4-9-21(22)24/h4-15,25H,3,16H2,1-2H3. The summed E-state index contributed by atoms with van der Waals surface area (Å²) < 4.78 is 46.8. The van der Waals surface area contributed by atoms with Crippen molar-refractivity contribution >= 4 is 21.6 Å². The lowest BCUT2D eigenvalue weighted by atomic mass is 10.1. The van der Waals surface area contributed by atoms with Crippen molar-refractivity contribution in [1.29, 1.82) is 0 Å². The van der Waals surface area contributed by atoms with Gasteiger partial charge in [0.15, 0.2) is 0 Å². The molecule has 1 amide bonds. The monoisotopic (exact) mass is 442 g/mol. The third-order valence-corrected chi connectivity index (χ3v) is 5.87. The van der Waals surface area contributed by atoms with Gasteiger partial charge in [0.2, 0.25) is 0 Å². The van der Waals surface area contributed by atoms with Gasteiger partial charge in [0.25, 0.3) is 15.9 Å². The van der Waals surface area contributed by atoms with Crippen molar-refractivity contribution in [3.8, 4) is 5.75 Å². The zero-order valence-corrected chi connectivity index (χ0v) is 18.0. The van der Waals surface area contributed by atoms with E-state index in [0.717, 1.165) is 17.4 Å². The summed E-state index contributed by atoms with van der Waals surface area (Å²) in [6.45, 7) is 2.82. The first-order chi connectivity index (χ1) is 14.8. The number of benzene rings is 3. The molecule has 0 atom stereocenters. The molecule has 3 aromatic carbocycles. The molecule has 8 heteroatoms. The van der Waals surface area contributed by atoms with Crippen LogP contribution in [0.2, 0.25) is 0 Å². The Kier molecular flexibility index (Phi) is 6.91. The van der Waals surface area contributed by atoms with Crippen molar-refractivity contribution in [2.45, 2.75) is 18.4 Å². The third kappa shape index (κ3) is 5.61. The lowest BCUT2D eigenvalue weighted by Crippen LogP contribution is -2.26. The molecular weight excluding hydrogens is 419 g/mol. The summed E-state index contributed by atoms with van der Waals surface area (Å²) >= 11 is 0. The lowest BCUT2D eigenvalue weighted by molar-refractivity contribution is 0.0785. The Morgan fingerprint density at radius 3 is 2.42 bits per heavy atom. The van der Waals surface area contributed by atoms with E-state index in [-0.39, 0.29) is 22.1 Å². The molecule has 0 aliphatic heterocycles. The minimum absolute atomic E-state index is 0.129. The summed E-state index contributed by atoms with van der Waals surface area (Å²) in [5.41, 5.74) is 0.959. The molecule has 0 radical (unpaired) electrons. The smallest absolute Gasteiger partial charge is 0.262 e. The van der Waals surface area contributed by atoms with Gasteiger partial charge in [0.1, 0.15) is 11.6 Å². The SMILES string of the molecule is CCOc1ccc(CN(C)C(=O)c2cccc(S(=O)(=O)Nc3ccccc3F)c2)cc1. The predicted molar refractivity (Wildman–Crippen MR) is 117 cm³/mol. The highest BCUT2D eigenvalue weighted by Crippen LogP contribution is 2.20. The van der Waals surface area contributed by atoms with Crippen molar-refractivity contribution in [2.75, 3.05) is 18.4 Å². The molecule has 0 aliphatic carbocycles. The number of halogens is 1. The molecule has 6 nitrogen and oxygen atoms in total. The van der Waals surface area contributed by atoms with E-state index in [1.807, 2.05) is 31.2 Å². The average Bonchev–Trinajstić information content (AvgIpc) is 2.76. The Morgan fingerprint density at radius 2 is 1.74 bits per heavy atom. The fraction of sp³-hybridized carbons (Fsp3) is 0.174. The molecule has 0 unspecified atom stereocenters. The molecule has 3 rings (SSSR count). The second-order valence-electron chi connectivity index (χ2n) is 6.85. The number of hydrogen-bond donors (Lipinski definition) is 1. The highest BCUT2D eigenvalue weighted by Gasteiger charge is 2.19. The average molecular weight is 443 g/mol. The number of amides is 1. The molecular formula is C23H23FN2O4S. The lowest BCUT2D eigenvalue weighted by Gasteiger charge is -2.18. The molecule has 0 saturated carbocycles. The molecule has 0 aromatic heterocycles. The van der Waals surface area contributed by atoms with Crippen molar-refractivity contribution in [2.24, 2.45) is 0 Å². The van der Waals surface area contributed by atoms with Crippen LogP contribution in [-0.4, -0.2) is 32.9 Å². The maximum Gasteiger partial charge on any atom is 0.262 e. The third-order valence-electron chi connectivity index (χ3n) is 4.51. The minimum atomic E-state index is -4.06. The fourth-order valence-corrected chi connectivity index (χ4v) is 4.08. The van der Waals surface area contributed by atoms with Gasteiger partial charge in [0, 0.05) is 19.2 Å². The van der Waals surface area contributed by atoms with Crippen LogP contribution in [0.3, 0.4) is 0 Å². The first-order valence-corrected chi connectivity index (χ1v) is 11.1. The molecule has 0 saturated heterocycles. The number of sulfonamides is 1. The van der Waals surface area contributed by atoms with Crippen molar-refractivity contribution in [3.63, 3.8) is 0 Å². The van der Waals surface area contributed by atoms with Gasteiger partial charge >= 0.3 is 0 Å². The number of nitrogens with zero attached hydrogens (tertiary/aromatic N) is 1. The van der Waals surface area contributed by atoms with Crippen LogP contribution in [0.25, 0.3) is 0 Å². The van der Waals surface area contributed by atoms with Gasteiger partial charge in [-0.05, 0) is 55.0 Å². The van der Waals surface area contributed by atoms with Gasteiger partial charge in [-0.1, -0.05) is 30.3 Å². The normalized spacial score (nSPS) is 11.1. The minimum Gasteiger partial charge on any atom is -0.494 e. The molecule has 3 aromatic rings. The van der Waals surface area contributed by atoms with Crippen LogP contribution < -0.4 is 9.46 Å². The van der Waals surface area contributed by atoms with Crippen molar-refractivity contribution in [3.05, 3.63) is 89.7 Å². The summed E-state index contributed by atoms with van der Waals surface area (Å²) in [7, 11) is -2.42. The number of anilines is 1. The summed E-state index contributed by atoms with van der Waals surface area (Å²) in [5.74, 6) is -0.272. The largest absolute Gasteiger partial charge is 0.494 e. The fourth-order valence-electron chi connectivity index (χ4n) is 2.97. The second-order valence-corrected chi connectivity index (χ2v) is 8.53. The molecule has 0 spiro atoms. The quantitative estimate of drug-likeness (QED) is 0.565. The first-order valence-electron chi connectivity index (χ1n) is 9.65. The van der Waals surface area contributed by atoms with Crippen LogP contribution in [0.5, 0.6) is 5.75 Å². The number of carbonyl (C=O) groups is 1. The predicted octanol–water partition coefficient (Wildman–Crippen LogP) is 4.30. The van der Waals surface area contributed by atoms with E-state index in [0.29, 0.717) is 13.2 Å². The Morgan fingerprint density at radius 1 is 1.03 bits per heavy atom. The van der Waals surface area contributed by atoms with E-state index in [1.54, 1.807) is 13.1 Å². The molecule has 162 valence electrons. The Bertz CT molecular complexity index is 1160. The van der Waals surface area contributed by atoms with E-state index in [4.69, 9.17) is 4.74 Å². The van der Waals surface area contributed by atoms with Crippen LogP contribution in [0.4, 0.5) is 10.1 Å². The Labute approximate surface area is 181 Å². The summed E-state index contributed by atoms with van der Waals surface area (Å²) in [5, 5.41) is 0. The highest BCUT2D eigenvalue weighted by atomic mass is 32.2. The van der Waals surface area contributed by atoms with E-state index in [2.05, 4.69) is 4.72 Å². The van der Waals surface area contributed by atoms with E-state index >= 15 is 0 Å². The van der Waals surface area contributed by atoms with Gasteiger partial charge in [0.05, 0.1) is 17.2 Å². The maximum absolute atomic E-state index is 13.8. The van der Waals surface area contributed by atoms with Gasteiger partial charge in [-0.15, -0.1) is 0 Å². The first kappa shape index (κ1) is 22.3. The van der Waals surface area contributed by atoms with Crippen molar-refractivity contribution < 1.29 is 22.3 Å². The number of para-hydroxylation sites is 1. The number of hydrogen-bond acceptors (Lipinski definition) is 4. The summed E-state index contributed by atoms with van der Waals surface area (Å²) in [6.07, 6.45) is 0. The van der Waals surface area contributed by atoms with E-state index < -0.39 is 15.8 Å². The molecule has 31 heavy (non-hydrogen) atoms. The topological polar surface area (TPSA) is 75.7 Å². The van der Waals surface area contributed by atoms with E-state index in [1.165, 1.54) is 41.3 Å². The van der Waals surface area contributed by atoms with Gasteiger partial charge in [-0.3, -0.25) is 9.52 Å². The maximum atomic E-state index is 13.8. The number of rotatable bonds is 8. The second kappa shape index (κ2) is 9.61. The van der Waals surface area contributed by atoms with Crippen LogP contribution in [-0.2, 0) is 16.6 Å². The van der Waals surface area contributed by atoms with Crippen LogP contribution in [0.15, 0.2) is 77.7 Å². The molecule has 0 aliphatic rings. The molecule has 1 N–H and O–H groups in total. The Balaban J connectivity index is 1.75. The van der Waals surface area contributed by atoms with Gasteiger partial charge in [-0.25, -0.2) is 12.8 Å². The van der Waals surface area contributed by atoms with Gasteiger partial charge < -0.3 is 9.64 Å².